The van der Waals surface area contributed by atoms with E-state index in [0.717, 1.165) is 44.9 Å². The van der Waals surface area contributed by atoms with Crippen LogP contribution in [0.1, 0.15) is 78.1 Å². The lowest BCUT2D eigenvalue weighted by Crippen LogP contribution is -2.28. The Hall–Kier alpha value is -3.44. The normalized spacial score (nSPS) is 13.8. The maximum atomic E-state index is 12.0. The molecule has 0 aromatic heterocycles. The lowest BCUT2D eigenvalue weighted by molar-refractivity contribution is -0.161. The number of allylic oxidation sites excluding steroid dienone is 18. The van der Waals surface area contributed by atoms with Crippen molar-refractivity contribution >= 4 is 11.9 Å². The first-order valence-electron chi connectivity index (χ1n) is 14.6. The molecule has 0 aliphatic heterocycles. The topological polar surface area (TPSA) is 72.8 Å². The standard InChI is InChI=1S/C35H50O5/c1-3-5-7-9-11-13-15-17-19-21-23-25-27-29-34(37)39-32-33(31-36)40-35(38)30-28-26-24-22-20-18-16-14-12-10-8-6-4-2/h5-21,23,33,36H,3-4,22,24-32H2,1-2H3/b7-5+,8-6+,11-9+,12-10+,15-13+,16-14+,19-17+,20-18+,23-21+. The van der Waals surface area contributed by atoms with E-state index in [-0.39, 0.29) is 38.0 Å². The highest BCUT2D eigenvalue weighted by Gasteiger charge is 2.15. The number of hydrogen-bond donors (Lipinski definition) is 1. The first-order valence-corrected chi connectivity index (χ1v) is 14.6. The molecule has 5 nitrogen and oxygen atoms in total. The van der Waals surface area contributed by atoms with Crippen molar-refractivity contribution in [2.75, 3.05) is 13.2 Å². The number of carbonyl (C=O) groups excluding carboxylic acids is 2. The van der Waals surface area contributed by atoms with Gasteiger partial charge in [-0.3, -0.25) is 9.59 Å². The van der Waals surface area contributed by atoms with Crippen LogP contribution in [0.4, 0.5) is 0 Å². The van der Waals surface area contributed by atoms with Crippen LogP contribution in [0.15, 0.2) is 109 Å². The fraction of sp³-hybridized carbons (Fsp3) is 0.429. The second-order valence-corrected chi connectivity index (χ2v) is 8.92. The minimum atomic E-state index is -0.826. The number of rotatable bonds is 23. The lowest BCUT2D eigenvalue weighted by Gasteiger charge is -2.15. The third-order valence-corrected chi connectivity index (χ3v) is 5.28. The molecule has 0 amide bonds. The average molecular weight is 551 g/mol. The Morgan fingerprint density at radius 2 is 1.02 bits per heavy atom. The Kier molecular flexibility index (Phi) is 27.5. The van der Waals surface area contributed by atoms with Gasteiger partial charge in [-0.05, 0) is 44.9 Å². The molecule has 0 aromatic carbocycles. The van der Waals surface area contributed by atoms with E-state index in [4.69, 9.17) is 9.47 Å². The number of carbonyl (C=O) groups is 2. The van der Waals surface area contributed by atoms with Gasteiger partial charge in [-0.2, -0.15) is 0 Å². The maximum Gasteiger partial charge on any atom is 0.306 e. The molecule has 1 unspecified atom stereocenters. The molecule has 220 valence electrons. The molecule has 0 rings (SSSR count). The molecule has 1 N–H and O–H groups in total. The molecule has 40 heavy (non-hydrogen) atoms. The van der Waals surface area contributed by atoms with Crippen molar-refractivity contribution in [3.05, 3.63) is 109 Å². The molecule has 0 aliphatic carbocycles. The first-order chi connectivity index (χ1) is 19.6. The quantitative estimate of drug-likeness (QED) is 0.0786. The Morgan fingerprint density at radius 1 is 0.575 bits per heavy atom. The number of aliphatic hydroxyl groups is 1. The van der Waals surface area contributed by atoms with E-state index in [1.165, 1.54) is 0 Å². The summed E-state index contributed by atoms with van der Waals surface area (Å²) in [6.07, 6.45) is 42.9. The fourth-order valence-corrected chi connectivity index (χ4v) is 3.12. The molecule has 0 aromatic rings. The number of esters is 2. The Bertz CT molecular complexity index is 897. The molecule has 0 fully saturated rings. The molecular formula is C35H50O5. The molecule has 5 heteroatoms. The fourth-order valence-electron chi connectivity index (χ4n) is 3.12. The van der Waals surface area contributed by atoms with Crippen LogP contribution in [-0.4, -0.2) is 36.4 Å². The van der Waals surface area contributed by atoms with Gasteiger partial charge in [0.1, 0.15) is 6.61 Å². The Balaban J connectivity index is 3.89. The van der Waals surface area contributed by atoms with Crippen molar-refractivity contribution in [2.45, 2.75) is 84.2 Å². The smallest absolute Gasteiger partial charge is 0.306 e. The third kappa shape index (κ3) is 27.6. The Labute approximate surface area is 242 Å². The summed E-state index contributed by atoms with van der Waals surface area (Å²) in [6, 6.07) is 0. The summed E-state index contributed by atoms with van der Waals surface area (Å²) in [6.45, 7) is 3.70. The van der Waals surface area contributed by atoms with Gasteiger partial charge in [-0.25, -0.2) is 0 Å². The third-order valence-electron chi connectivity index (χ3n) is 5.28. The average Bonchev–Trinajstić information content (AvgIpc) is 2.96. The second-order valence-electron chi connectivity index (χ2n) is 8.92. The SMILES string of the molecule is CC/C=C/C=C/C=C/C=C/C=C/CCCC(=O)OCC(CO)OC(=O)CCCCC/C=C/C=C/C=C/C=C/CC. The summed E-state index contributed by atoms with van der Waals surface area (Å²) >= 11 is 0. The highest BCUT2D eigenvalue weighted by atomic mass is 16.6. The highest BCUT2D eigenvalue weighted by molar-refractivity contribution is 5.70. The van der Waals surface area contributed by atoms with Gasteiger partial charge in [-0.1, -0.05) is 130 Å². The van der Waals surface area contributed by atoms with Gasteiger partial charge in [0.05, 0.1) is 6.61 Å². The molecule has 0 saturated heterocycles. The Morgan fingerprint density at radius 3 is 1.52 bits per heavy atom. The van der Waals surface area contributed by atoms with Gasteiger partial charge in [0, 0.05) is 12.8 Å². The van der Waals surface area contributed by atoms with Crippen LogP contribution in [-0.2, 0) is 19.1 Å². The van der Waals surface area contributed by atoms with Gasteiger partial charge in [-0.15, -0.1) is 0 Å². The van der Waals surface area contributed by atoms with Crippen molar-refractivity contribution in [2.24, 2.45) is 0 Å². The van der Waals surface area contributed by atoms with E-state index in [9.17, 15) is 14.7 Å². The van der Waals surface area contributed by atoms with Crippen LogP contribution in [0, 0.1) is 0 Å². The van der Waals surface area contributed by atoms with Gasteiger partial charge in [0.2, 0.25) is 0 Å². The molecule has 1 atom stereocenters. The van der Waals surface area contributed by atoms with E-state index in [1.807, 2.05) is 91.1 Å². The van der Waals surface area contributed by atoms with Gasteiger partial charge < -0.3 is 14.6 Å². The summed E-state index contributed by atoms with van der Waals surface area (Å²) in [5.74, 6) is -0.743. The summed E-state index contributed by atoms with van der Waals surface area (Å²) in [7, 11) is 0. The number of hydrogen-bond acceptors (Lipinski definition) is 5. The largest absolute Gasteiger partial charge is 0.462 e. The molecule has 0 aliphatic rings. The van der Waals surface area contributed by atoms with E-state index in [2.05, 4.69) is 32.1 Å². The summed E-state index contributed by atoms with van der Waals surface area (Å²) in [5.41, 5.74) is 0. The zero-order chi connectivity index (χ0) is 29.4. The van der Waals surface area contributed by atoms with Gasteiger partial charge >= 0.3 is 11.9 Å². The van der Waals surface area contributed by atoms with Crippen molar-refractivity contribution in [3.8, 4) is 0 Å². The van der Waals surface area contributed by atoms with Gasteiger partial charge in [0.15, 0.2) is 6.10 Å². The monoisotopic (exact) mass is 550 g/mol. The van der Waals surface area contributed by atoms with Crippen LogP contribution < -0.4 is 0 Å². The molecular weight excluding hydrogens is 500 g/mol. The number of unbranched alkanes of at least 4 members (excludes halogenated alkanes) is 4. The van der Waals surface area contributed by atoms with Crippen molar-refractivity contribution in [3.63, 3.8) is 0 Å². The number of aliphatic hydroxyl groups excluding tert-OH is 1. The van der Waals surface area contributed by atoms with Crippen LogP contribution in [0.25, 0.3) is 0 Å². The van der Waals surface area contributed by atoms with E-state index in [0.29, 0.717) is 6.42 Å². The van der Waals surface area contributed by atoms with Crippen LogP contribution in [0.3, 0.4) is 0 Å². The second kappa shape index (κ2) is 30.1. The van der Waals surface area contributed by atoms with E-state index >= 15 is 0 Å². The van der Waals surface area contributed by atoms with Crippen LogP contribution in [0.5, 0.6) is 0 Å². The van der Waals surface area contributed by atoms with Crippen molar-refractivity contribution in [1.29, 1.82) is 0 Å². The summed E-state index contributed by atoms with van der Waals surface area (Å²) in [4.78, 5) is 24.0. The van der Waals surface area contributed by atoms with Crippen molar-refractivity contribution in [1.82, 2.24) is 0 Å². The summed E-state index contributed by atoms with van der Waals surface area (Å²) in [5, 5.41) is 9.45. The molecule has 0 saturated carbocycles. The van der Waals surface area contributed by atoms with Crippen molar-refractivity contribution < 1.29 is 24.2 Å². The predicted octanol–water partition coefficient (Wildman–Crippen LogP) is 8.38. The van der Waals surface area contributed by atoms with E-state index < -0.39 is 6.10 Å². The minimum Gasteiger partial charge on any atom is -0.462 e. The molecule has 0 bridgehead atoms. The first kappa shape index (κ1) is 36.6. The van der Waals surface area contributed by atoms with Crippen LogP contribution >= 0.6 is 0 Å². The van der Waals surface area contributed by atoms with E-state index in [1.54, 1.807) is 0 Å². The molecule has 0 heterocycles. The van der Waals surface area contributed by atoms with Crippen LogP contribution in [0.2, 0.25) is 0 Å². The lowest BCUT2D eigenvalue weighted by atomic mass is 10.1. The van der Waals surface area contributed by atoms with Gasteiger partial charge in [0.25, 0.3) is 0 Å². The highest BCUT2D eigenvalue weighted by Crippen LogP contribution is 2.07. The molecule has 0 radical (unpaired) electrons. The minimum absolute atomic E-state index is 0.128. The number of ether oxygens (including phenoxy) is 2. The molecule has 0 spiro atoms. The zero-order valence-electron chi connectivity index (χ0n) is 24.5. The summed E-state index contributed by atoms with van der Waals surface area (Å²) < 4.78 is 10.4. The maximum absolute atomic E-state index is 12.0. The predicted molar refractivity (Wildman–Crippen MR) is 168 cm³/mol. The zero-order valence-corrected chi connectivity index (χ0v) is 24.5.